The van der Waals surface area contributed by atoms with E-state index in [1.807, 2.05) is 30.3 Å². The summed E-state index contributed by atoms with van der Waals surface area (Å²) in [4.78, 5) is 23.8. The van der Waals surface area contributed by atoms with Gasteiger partial charge in [0.15, 0.2) is 0 Å². The van der Waals surface area contributed by atoms with Crippen molar-refractivity contribution >= 4 is 21.7 Å². The molecule has 3 aromatic carbocycles. The minimum absolute atomic E-state index is 0.420. The molecule has 4 rings (SSSR count). The third kappa shape index (κ3) is 3.49. The van der Waals surface area contributed by atoms with Crippen LogP contribution in [0.1, 0.15) is 12.8 Å². The summed E-state index contributed by atoms with van der Waals surface area (Å²) in [6.45, 7) is 1.03. The smallest absolute Gasteiger partial charge is 0.422 e. The molecule has 27 heavy (non-hydrogen) atoms. The Bertz CT molecular complexity index is 1200. The second-order valence-electron chi connectivity index (χ2n) is 6.36. The van der Waals surface area contributed by atoms with E-state index >= 15 is 0 Å². The number of hydrogen-bond acceptors (Lipinski definition) is 4. The maximum atomic E-state index is 12.1. The number of unbranched alkanes of at least 4 members (excludes halogenated alkanes) is 1. The summed E-state index contributed by atoms with van der Waals surface area (Å²) < 4.78 is 12.3. The zero-order valence-corrected chi connectivity index (χ0v) is 14.8. The molecule has 0 fully saturated rings. The normalized spacial score (nSPS) is 11.1. The molecule has 5 nitrogen and oxygen atoms in total. The Balaban J connectivity index is 1.42. The summed E-state index contributed by atoms with van der Waals surface area (Å²) in [7, 11) is 0. The minimum Gasteiger partial charge on any atom is -0.493 e. The van der Waals surface area contributed by atoms with Gasteiger partial charge in [-0.15, -0.1) is 0 Å². The van der Waals surface area contributed by atoms with Crippen LogP contribution in [0, 0.1) is 0 Å². The molecule has 0 aliphatic heterocycles. The molecule has 0 saturated heterocycles. The summed E-state index contributed by atoms with van der Waals surface area (Å²) in [6, 6.07) is 21.1. The monoisotopic (exact) mass is 361 g/mol. The molecule has 0 saturated carbocycles. The predicted octanol–water partition coefficient (Wildman–Crippen LogP) is 3.97. The minimum atomic E-state index is -0.617. The number of hydrogen-bond donors (Lipinski definition) is 0. The molecule has 0 atom stereocenters. The van der Waals surface area contributed by atoms with E-state index in [1.54, 1.807) is 24.3 Å². The van der Waals surface area contributed by atoms with E-state index in [1.165, 1.54) is 4.57 Å². The standard InChI is InChI=1S/C22H19NO4/c24-21-18-11-3-4-12-19(18)23(22(25)27-21)14-5-6-15-26-20-13-7-9-16-8-1-2-10-17(16)20/h1-4,7-13H,5-6,14-15H2. The van der Waals surface area contributed by atoms with Crippen LogP contribution in [-0.4, -0.2) is 11.2 Å². The van der Waals surface area contributed by atoms with E-state index in [4.69, 9.17) is 9.15 Å². The lowest BCUT2D eigenvalue weighted by molar-refractivity contribution is 0.304. The molecule has 5 heteroatoms. The maximum Gasteiger partial charge on any atom is 0.422 e. The highest BCUT2D eigenvalue weighted by Gasteiger charge is 2.08. The van der Waals surface area contributed by atoms with Crippen LogP contribution in [0.2, 0.25) is 0 Å². The number of aromatic nitrogens is 1. The van der Waals surface area contributed by atoms with Crippen LogP contribution in [0.25, 0.3) is 21.7 Å². The number of nitrogens with zero attached hydrogens (tertiary/aromatic N) is 1. The molecule has 0 amide bonds. The first-order chi connectivity index (χ1) is 13.2. The van der Waals surface area contributed by atoms with E-state index in [2.05, 4.69) is 12.1 Å². The van der Waals surface area contributed by atoms with Crippen molar-refractivity contribution in [3.63, 3.8) is 0 Å². The quantitative estimate of drug-likeness (QED) is 0.488. The van der Waals surface area contributed by atoms with E-state index in [-0.39, 0.29) is 0 Å². The van der Waals surface area contributed by atoms with Gasteiger partial charge in [-0.2, -0.15) is 0 Å². The third-order valence-corrected chi connectivity index (χ3v) is 4.60. The molecule has 0 unspecified atom stereocenters. The number of benzene rings is 3. The van der Waals surface area contributed by atoms with Crippen LogP contribution in [0.3, 0.4) is 0 Å². The Morgan fingerprint density at radius 1 is 0.815 bits per heavy atom. The van der Waals surface area contributed by atoms with Gasteiger partial charge < -0.3 is 9.15 Å². The number of aryl methyl sites for hydroxylation is 1. The molecule has 0 aliphatic rings. The largest absolute Gasteiger partial charge is 0.493 e. The number of para-hydroxylation sites is 1. The predicted molar refractivity (Wildman–Crippen MR) is 105 cm³/mol. The molecule has 0 N–H and O–H groups in total. The van der Waals surface area contributed by atoms with Gasteiger partial charge in [0.1, 0.15) is 5.75 Å². The van der Waals surface area contributed by atoms with E-state index < -0.39 is 11.4 Å². The van der Waals surface area contributed by atoms with Crippen molar-refractivity contribution in [2.24, 2.45) is 0 Å². The summed E-state index contributed by atoms with van der Waals surface area (Å²) in [6.07, 6.45) is 1.52. The Kier molecular flexibility index (Phi) is 4.75. The lowest BCUT2D eigenvalue weighted by atomic mass is 10.1. The first-order valence-electron chi connectivity index (χ1n) is 8.97. The average molecular weight is 361 g/mol. The molecule has 0 radical (unpaired) electrons. The zero-order valence-electron chi connectivity index (χ0n) is 14.8. The van der Waals surface area contributed by atoms with Crippen LogP contribution < -0.4 is 16.1 Å². The lowest BCUT2D eigenvalue weighted by Crippen LogP contribution is -2.25. The molecule has 1 heterocycles. The van der Waals surface area contributed by atoms with Crippen molar-refractivity contribution < 1.29 is 9.15 Å². The van der Waals surface area contributed by atoms with Gasteiger partial charge in [0.25, 0.3) is 0 Å². The molecule has 0 spiro atoms. The van der Waals surface area contributed by atoms with Crippen molar-refractivity contribution in [1.29, 1.82) is 0 Å². The summed E-state index contributed by atoms with van der Waals surface area (Å²) in [5.41, 5.74) is 0.0138. The Hall–Kier alpha value is -3.34. The van der Waals surface area contributed by atoms with Gasteiger partial charge >= 0.3 is 11.4 Å². The highest BCUT2D eigenvalue weighted by molar-refractivity contribution is 5.88. The van der Waals surface area contributed by atoms with Crippen molar-refractivity contribution in [2.45, 2.75) is 19.4 Å². The van der Waals surface area contributed by atoms with Crippen molar-refractivity contribution in [2.75, 3.05) is 6.61 Å². The van der Waals surface area contributed by atoms with Crippen molar-refractivity contribution in [1.82, 2.24) is 4.57 Å². The van der Waals surface area contributed by atoms with E-state index in [9.17, 15) is 9.59 Å². The fraction of sp³-hybridized carbons (Fsp3) is 0.182. The first-order valence-corrected chi connectivity index (χ1v) is 8.97. The van der Waals surface area contributed by atoms with Crippen LogP contribution in [0.5, 0.6) is 5.75 Å². The fourth-order valence-electron chi connectivity index (χ4n) is 3.26. The molecular formula is C22H19NO4. The molecule has 1 aromatic heterocycles. The Morgan fingerprint density at radius 2 is 1.56 bits per heavy atom. The highest BCUT2D eigenvalue weighted by Crippen LogP contribution is 2.25. The summed E-state index contributed by atoms with van der Waals surface area (Å²) >= 11 is 0. The van der Waals surface area contributed by atoms with Crippen LogP contribution in [0.15, 0.2) is 80.7 Å². The first kappa shape index (κ1) is 17.1. The Labute approximate surface area is 155 Å². The third-order valence-electron chi connectivity index (χ3n) is 4.60. The van der Waals surface area contributed by atoms with Gasteiger partial charge in [-0.05, 0) is 36.4 Å². The zero-order chi connectivity index (χ0) is 18.6. The van der Waals surface area contributed by atoms with Crippen LogP contribution in [-0.2, 0) is 6.54 Å². The highest BCUT2D eigenvalue weighted by atomic mass is 16.5. The van der Waals surface area contributed by atoms with Gasteiger partial charge in [-0.3, -0.25) is 4.57 Å². The fourth-order valence-corrected chi connectivity index (χ4v) is 3.26. The summed E-state index contributed by atoms with van der Waals surface area (Å²) in [5, 5.41) is 2.66. The lowest BCUT2D eigenvalue weighted by Gasteiger charge is -2.10. The van der Waals surface area contributed by atoms with Crippen LogP contribution >= 0.6 is 0 Å². The topological polar surface area (TPSA) is 61.4 Å². The maximum absolute atomic E-state index is 12.1. The van der Waals surface area contributed by atoms with Gasteiger partial charge in [-0.25, -0.2) is 9.59 Å². The van der Waals surface area contributed by atoms with Crippen molar-refractivity contribution in [3.05, 3.63) is 87.7 Å². The second kappa shape index (κ2) is 7.50. The van der Waals surface area contributed by atoms with E-state index in [0.717, 1.165) is 29.4 Å². The van der Waals surface area contributed by atoms with Gasteiger partial charge in [0, 0.05) is 11.9 Å². The Morgan fingerprint density at radius 3 is 2.44 bits per heavy atom. The molecule has 4 aromatic rings. The second-order valence-corrected chi connectivity index (χ2v) is 6.36. The number of rotatable bonds is 6. The van der Waals surface area contributed by atoms with Crippen LogP contribution in [0.4, 0.5) is 0 Å². The van der Waals surface area contributed by atoms with Crippen molar-refractivity contribution in [3.8, 4) is 5.75 Å². The van der Waals surface area contributed by atoms with E-state index in [0.29, 0.717) is 24.1 Å². The molecule has 0 aliphatic carbocycles. The molecule has 136 valence electrons. The summed E-state index contributed by atoms with van der Waals surface area (Å²) in [5.74, 6) is 0.245. The SMILES string of the molecule is O=c1oc(=O)n(CCCCOc2cccc3ccccc23)c2ccccc12. The number of fused-ring (bicyclic) bond motifs is 2. The molecule has 0 bridgehead atoms. The van der Waals surface area contributed by atoms with Gasteiger partial charge in [-0.1, -0.05) is 48.5 Å². The van der Waals surface area contributed by atoms with Gasteiger partial charge in [0.2, 0.25) is 0 Å². The van der Waals surface area contributed by atoms with Gasteiger partial charge in [0.05, 0.1) is 17.5 Å². The average Bonchev–Trinajstić information content (AvgIpc) is 2.70. The number of ether oxygens (including phenoxy) is 1. The molecular weight excluding hydrogens is 342 g/mol.